The molecular weight excluding hydrogens is 202 g/mol. The highest BCUT2D eigenvalue weighted by atomic mass is 32.2. The van der Waals surface area contributed by atoms with Crippen LogP contribution in [0, 0.1) is 0 Å². The van der Waals surface area contributed by atoms with Crippen LogP contribution < -0.4 is 11.1 Å². The van der Waals surface area contributed by atoms with Crippen LogP contribution in [0.4, 0.5) is 5.95 Å². The van der Waals surface area contributed by atoms with Gasteiger partial charge in [-0.3, -0.25) is 4.79 Å². The third-order valence-corrected chi connectivity index (χ3v) is 2.27. The van der Waals surface area contributed by atoms with Crippen molar-refractivity contribution in [2.24, 2.45) is 0 Å². The molecule has 14 heavy (non-hydrogen) atoms. The number of nitrogen functional groups attached to an aromatic ring is 1. The molecule has 7 heteroatoms. The van der Waals surface area contributed by atoms with Gasteiger partial charge in [0.1, 0.15) is 0 Å². The summed E-state index contributed by atoms with van der Waals surface area (Å²) in [5, 5.41) is 9.64. The Balaban J connectivity index is 2.18. The molecule has 1 amide bonds. The van der Waals surface area contributed by atoms with E-state index in [0.29, 0.717) is 29.8 Å². The Bertz CT molecular complexity index is 300. The first kappa shape index (κ1) is 10.8. The minimum Gasteiger partial charge on any atom is -0.368 e. The molecule has 0 saturated heterocycles. The van der Waals surface area contributed by atoms with Crippen LogP contribution in [0.15, 0.2) is 5.16 Å². The summed E-state index contributed by atoms with van der Waals surface area (Å²) in [7, 11) is 0. The molecule has 1 rings (SSSR count). The molecule has 0 aliphatic carbocycles. The largest absolute Gasteiger partial charge is 0.368 e. The molecule has 0 unspecified atom stereocenters. The number of aromatic amines is 1. The quantitative estimate of drug-likeness (QED) is 0.601. The zero-order valence-electron chi connectivity index (χ0n) is 7.91. The Labute approximate surface area is 86.0 Å². The van der Waals surface area contributed by atoms with Gasteiger partial charge in [0, 0.05) is 18.7 Å². The molecule has 0 atom stereocenters. The number of carbonyl (C=O) groups excluding carboxylic acids is 1. The van der Waals surface area contributed by atoms with Crippen molar-refractivity contribution in [3.8, 4) is 0 Å². The van der Waals surface area contributed by atoms with Crippen LogP contribution in [0.2, 0.25) is 0 Å². The number of anilines is 1. The van der Waals surface area contributed by atoms with Crippen molar-refractivity contribution in [3.05, 3.63) is 0 Å². The normalized spacial score (nSPS) is 10.1. The molecule has 4 N–H and O–H groups in total. The van der Waals surface area contributed by atoms with Gasteiger partial charge < -0.3 is 11.1 Å². The van der Waals surface area contributed by atoms with E-state index in [1.807, 2.05) is 6.92 Å². The second-order valence-corrected chi connectivity index (χ2v) is 3.62. The van der Waals surface area contributed by atoms with E-state index >= 15 is 0 Å². The Kier molecular flexibility index (Phi) is 4.24. The first-order valence-corrected chi connectivity index (χ1v) is 5.28. The van der Waals surface area contributed by atoms with Gasteiger partial charge in [-0.1, -0.05) is 11.8 Å². The van der Waals surface area contributed by atoms with Crippen LogP contribution in [0.3, 0.4) is 0 Å². The van der Waals surface area contributed by atoms with E-state index in [4.69, 9.17) is 5.73 Å². The maximum absolute atomic E-state index is 11.0. The summed E-state index contributed by atoms with van der Waals surface area (Å²) in [6.07, 6.45) is 0.465. The third kappa shape index (κ3) is 3.65. The Morgan fingerprint density at radius 1 is 1.71 bits per heavy atom. The maximum Gasteiger partial charge on any atom is 0.220 e. The van der Waals surface area contributed by atoms with Crippen molar-refractivity contribution in [2.75, 3.05) is 18.0 Å². The summed E-state index contributed by atoms with van der Waals surface area (Å²) in [6, 6.07) is 0. The lowest BCUT2D eigenvalue weighted by Gasteiger charge is -1.99. The average Bonchev–Trinajstić information content (AvgIpc) is 2.52. The van der Waals surface area contributed by atoms with E-state index in [9.17, 15) is 4.79 Å². The number of nitrogens with zero attached hydrogens (tertiary/aromatic N) is 2. The second-order valence-electron chi connectivity index (χ2n) is 2.56. The predicted octanol–water partition coefficient (Wildman–Crippen LogP) is 0.00520. The molecule has 0 aliphatic rings. The highest BCUT2D eigenvalue weighted by Crippen LogP contribution is 2.13. The summed E-state index contributed by atoms with van der Waals surface area (Å²) in [6.45, 7) is 2.55. The van der Waals surface area contributed by atoms with E-state index in [1.54, 1.807) is 0 Å². The molecule has 6 nitrogen and oxygen atoms in total. The fraction of sp³-hybridized carbons (Fsp3) is 0.571. The number of aromatic nitrogens is 3. The van der Waals surface area contributed by atoms with Gasteiger partial charge in [-0.2, -0.15) is 4.98 Å². The summed E-state index contributed by atoms with van der Waals surface area (Å²) in [4.78, 5) is 14.9. The van der Waals surface area contributed by atoms with E-state index in [1.165, 1.54) is 11.8 Å². The lowest BCUT2D eigenvalue weighted by molar-refractivity contribution is -0.120. The molecule has 78 valence electrons. The number of nitrogens with two attached hydrogens (primary N) is 1. The first-order chi connectivity index (χ1) is 6.72. The minimum atomic E-state index is 0.0449. The number of rotatable bonds is 5. The topological polar surface area (TPSA) is 96.7 Å². The second kappa shape index (κ2) is 5.48. The molecule has 1 aromatic rings. The van der Waals surface area contributed by atoms with Gasteiger partial charge >= 0.3 is 0 Å². The molecule has 0 fully saturated rings. The minimum absolute atomic E-state index is 0.0449. The van der Waals surface area contributed by atoms with E-state index in [-0.39, 0.29) is 5.91 Å². The van der Waals surface area contributed by atoms with Gasteiger partial charge in [-0.15, -0.1) is 5.10 Å². The van der Waals surface area contributed by atoms with Crippen molar-refractivity contribution >= 4 is 23.6 Å². The fourth-order valence-corrected chi connectivity index (χ4v) is 1.59. The first-order valence-electron chi connectivity index (χ1n) is 4.29. The molecule has 0 spiro atoms. The van der Waals surface area contributed by atoms with Crippen molar-refractivity contribution in [2.45, 2.75) is 18.5 Å². The van der Waals surface area contributed by atoms with Crippen LogP contribution in [-0.4, -0.2) is 33.4 Å². The molecule has 1 aromatic heterocycles. The molecule has 0 aromatic carbocycles. The molecule has 0 bridgehead atoms. The van der Waals surface area contributed by atoms with Crippen LogP contribution in [-0.2, 0) is 4.79 Å². The third-order valence-electron chi connectivity index (χ3n) is 1.42. The Hall–Kier alpha value is -1.24. The number of amides is 1. The highest BCUT2D eigenvalue weighted by molar-refractivity contribution is 7.99. The van der Waals surface area contributed by atoms with Gasteiger partial charge in [0.25, 0.3) is 0 Å². The Morgan fingerprint density at radius 3 is 3.07 bits per heavy atom. The van der Waals surface area contributed by atoms with Gasteiger partial charge in [-0.05, 0) is 6.92 Å². The fourth-order valence-electron chi connectivity index (χ4n) is 0.843. The van der Waals surface area contributed by atoms with Crippen LogP contribution in [0.1, 0.15) is 13.3 Å². The van der Waals surface area contributed by atoms with Gasteiger partial charge in [0.2, 0.25) is 17.0 Å². The average molecular weight is 215 g/mol. The smallest absolute Gasteiger partial charge is 0.220 e. The number of carbonyl (C=O) groups is 1. The SMILES string of the molecule is CCNC(=O)CCSc1n[nH]c(N)n1. The van der Waals surface area contributed by atoms with E-state index in [0.717, 1.165) is 0 Å². The summed E-state index contributed by atoms with van der Waals surface area (Å²) < 4.78 is 0. The summed E-state index contributed by atoms with van der Waals surface area (Å²) in [5.41, 5.74) is 5.34. The number of thioether (sulfide) groups is 1. The zero-order valence-corrected chi connectivity index (χ0v) is 8.73. The van der Waals surface area contributed by atoms with Crippen molar-refractivity contribution in [1.82, 2.24) is 20.5 Å². The monoisotopic (exact) mass is 215 g/mol. The molecule has 0 saturated carbocycles. The number of hydrogen-bond donors (Lipinski definition) is 3. The zero-order chi connectivity index (χ0) is 10.4. The van der Waals surface area contributed by atoms with Crippen LogP contribution in [0.25, 0.3) is 0 Å². The van der Waals surface area contributed by atoms with Crippen LogP contribution in [0.5, 0.6) is 0 Å². The number of nitrogens with one attached hydrogen (secondary N) is 2. The van der Waals surface area contributed by atoms with Gasteiger partial charge in [-0.25, -0.2) is 5.10 Å². The summed E-state index contributed by atoms with van der Waals surface area (Å²) >= 11 is 1.40. The molecule has 0 radical (unpaired) electrons. The van der Waals surface area contributed by atoms with E-state index < -0.39 is 0 Å². The van der Waals surface area contributed by atoms with Crippen molar-refractivity contribution < 1.29 is 4.79 Å². The van der Waals surface area contributed by atoms with Gasteiger partial charge in [0.15, 0.2) is 0 Å². The van der Waals surface area contributed by atoms with Crippen molar-refractivity contribution in [3.63, 3.8) is 0 Å². The lowest BCUT2D eigenvalue weighted by atomic mass is 10.4. The van der Waals surface area contributed by atoms with Crippen molar-refractivity contribution in [1.29, 1.82) is 0 Å². The maximum atomic E-state index is 11.0. The lowest BCUT2D eigenvalue weighted by Crippen LogP contribution is -2.22. The number of H-pyrrole nitrogens is 1. The highest BCUT2D eigenvalue weighted by Gasteiger charge is 2.03. The standard InChI is InChI=1S/C7H13N5OS/c1-2-9-5(13)3-4-14-7-10-6(8)11-12-7/h2-4H2,1H3,(H,9,13)(H3,8,10,11,12). The number of hydrogen-bond acceptors (Lipinski definition) is 5. The van der Waals surface area contributed by atoms with Gasteiger partial charge in [0.05, 0.1) is 0 Å². The Morgan fingerprint density at radius 2 is 2.50 bits per heavy atom. The molecule has 0 aliphatic heterocycles. The molecular formula is C7H13N5OS. The predicted molar refractivity (Wildman–Crippen MR) is 54.8 cm³/mol. The van der Waals surface area contributed by atoms with Crippen LogP contribution >= 0.6 is 11.8 Å². The van der Waals surface area contributed by atoms with E-state index in [2.05, 4.69) is 20.5 Å². The molecule has 1 heterocycles. The summed E-state index contributed by atoms with van der Waals surface area (Å²) in [5.74, 6) is 0.998.